The Morgan fingerprint density at radius 2 is 2.15 bits per heavy atom. The number of ether oxygens (including phenoxy) is 1. The minimum atomic E-state index is -0.484. The van der Waals surface area contributed by atoms with E-state index in [2.05, 4.69) is 5.32 Å². The van der Waals surface area contributed by atoms with Crippen LogP contribution in [0.5, 0.6) is 5.75 Å². The number of hydrogen-bond acceptors (Lipinski definition) is 3. The molecular weight excluding hydrogens is 276 g/mol. The molecule has 2 rings (SSSR count). The van der Waals surface area contributed by atoms with Crippen molar-refractivity contribution in [1.29, 1.82) is 0 Å². The fourth-order valence-corrected chi connectivity index (χ4v) is 2.67. The molecule has 0 aliphatic carbocycles. The molecule has 0 bridgehead atoms. The second-order valence-electron chi connectivity index (χ2n) is 5.04. The summed E-state index contributed by atoms with van der Waals surface area (Å²) in [6.45, 7) is 4.08. The summed E-state index contributed by atoms with van der Waals surface area (Å²) >= 11 is 6.18. The van der Waals surface area contributed by atoms with Crippen LogP contribution in [0, 0.1) is 0 Å². The molecule has 4 nitrogen and oxygen atoms in total. The van der Waals surface area contributed by atoms with Crippen molar-refractivity contribution in [3.05, 3.63) is 28.8 Å². The average molecular weight is 297 g/mol. The summed E-state index contributed by atoms with van der Waals surface area (Å²) in [6.07, 6.45) is 1.68. The maximum Gasteiger partial charge on any atom is 0.263 e. The zero-order valence-electron chi connectivity index (χ0n) is 12.0. The molecule has 0 saturated carbocycles. The minimum absolute atomic E-state index is 0.0536. The van der Waals surface area contributed by atoms with Gasteiger partial charge in [-0.1, -0.05) is 17.7 Å². The Morgan fingerprint density at radius 3 is 2.80 bits per heavy atom. The van der Waals surface area contributed by atoms with Crippen LogP contribution in [0.4, 0.5) is 0 Å². The molecule has 0 spiro atoms. The van der Waals surface area contributed by atoms with Gasteiger partial charge < -0.3 is 15.0 Å². The van der Waals surface area contributed by atoms with Crippen molar-refractivity contribution < 1.29 is 9.53 Å². The van der Waals surface area contributed by atoms with Gasteiger partial charge in [0.05, 0.1) is 0 Å². The standard InChI is InChI=1S/C15H21ClN2O2/c1-11(15(19)18-8-3-4-9-18)20-14-7-5-6-13(16)12(14)10-17-2/h5-7,11,17H,3-4,8-10H2,1-2H3. The Bertz CT molecular complexity index is 473. The predicted octanol–water partition coefficient (Wildman–Crippen LogP) is 2.45. The van der Waals surface area contributed by atoms with Crippen molar-refractivity contribution in [2.45, 2.75) is 32.4 Å². The van der Waals surface area contributed by atoms with Gasteiger partial charge in [-0.2, -0.15) is 0 Å². The third-order valence-electron chi connectivity index (χ3n) is 3.50. The van der Waals surface area contributed by atoms with E-state index in [0.717, 1.165) is 31.5 Å². The number of carbonyl (C=O) groups excluding carboxylic acids is 1. The lowest BCUT2D eigenvalue weighted by Crippen LogP contribution is -2.38. The highest BCUT2D eigenvalue weighted by Gasteiger charge is 2.25. The molecule has 0 radical (unpaired) electrons. The molecule has 20 heavy (non-hydrogen) atoms. The number of nitrogens with one attached hydrogen (secondary N) is 1. The molecule has 1 unspecified atom stereocenters. The molecule has 1 N–H and O–H groups in total. The van der Waals surface area contributed by atoms with E-state index in [-0.39, 0.29) is 5.91 Å². The summed E-state index contributed by atoms with van der Waals surface area (Å²) in [5.41, 5.74) is 0.887. The number of benzene rings is 1. The van der Waals surface area contributed by atoms with Gasteiger partial charge >= 0.3 is 0 Å². The van der Waals surface area contributed by atoms with Crippen LogP contribution < -0.4 is 10.1 Å². The van der Waals surface area contributed by atoms with Gasteiger partial charge in [0.1, 0.15) is 5.75 Å². The summed E-state index contributed by atoms with van der Waals surface area (Å²) in [5, 5.41) is 3.71. The van der Waals surface area contributed by atoms with Crippen molar-refractivity contribution in [1.82, 2.24) is 10.2 Å². The van der Waals surface area contributed by atoms with Gasteiger partial charge in [-0.25, -0.2) is 0 Å². The molecule has 1 aliphatic heterocycles. The first-order valence-electron chi connectivity index (χ1n) is 7.01. The molecule has 110 valence electrons. The van der Waals surface area contributed by atoms with Crippen molar-refractivity contribution >= 4 is 17.5 Å². The van der Waals surface area contributed by atoms with E-state index >= 15 is 0 Å². The first-order valence-corrected chi connectivity index (χ1v) is 7.38. The van der Waals surface area contributed by atoms with E-state index in [1.54, 1.807) is 6.92 Å². The number of carbonyl (C=O) groups is 1. The molecule has 1 atom stereocenters. The van der Waals surface area contributed by atoms with Gasteiger partial charge in [-0.15, -0.1) is 0 Å². The zero-order valence-corrected chi connectivity index (χ0v) is 12.7. The monoisotopic (exact) mass is 296 g/mol. The molecule has 1 aromatic rings. The number of nitrogens with zero attached hydrogens (tertiary/aromatic N) is 1. The quantitative estimate of drug-likeness (QED) is 0.907. The molecule has 1 aliphatic rings. The summed E-state index contributed by atoms with van der Waals surface area (Å²) in [6, 6.07) is 5.52. The van der Waals surface area contributed by atoms with Crippen molar-refractivity contribution in [2.24, 2.45) is 0 Å². The maximum absolute atomic E-state index is 12.3. The molecule has 1 amide bonds. The smallest absolute Gasteiger partial charge is 0.263 e. The van der Waals surface area contributed by atoms with Crippen molar-refractivity contribution in [3.63, 3.8) is 0 Å². The Morgan fingerprint density at radius 1 is 1.45 bits per heavy atom. The van der Waals surface area contributed by atoms with Crippen LogP contribution in [0.15, 0.2) is 18.2 Å². The fourth-order valence-electron chi connectivity index (χ4n) is 2.43. The molecule has 5 heteroatoms. The minimum Gasteiger partial charge on any atom is -0.481 e. The molecule has 0 aromatic heterocycles. The molecule has 1 fully saturated rings. The molecule has 1 saturated heterocycles. The summed E-state index contributed by atoms with van der Waals surface area (Å²) in [4.78, 5) is 14.1. The molecular formula is C15H21ClN2O2. The predicted molar refractivity (Wildman–Crippen MR) is 80.1 cm³/mol. The first kappa shape index (κ1) is 15.1. The number of likely N-dealkylation sites (tertiary alicyclic amines) is 1. The third kappa shape index (κ3) is 3.44. The van der Waals surface area contributed by atoms with Gasteiger partial charge in [0.2, 0.25) is 0 Å². The number of hydrogen-bond donors (Lipinski definition) is 1. The second kappa shape index (κ2) is 6.95. The van der Waals surface area contributed by atoms with Crippen molar-refractivity contribution in [2.75, 3.05) is 20.1 Å². The van der Waals surface area contributed by atoms with Crippen LogP contribution in [-0.2, 0) is 11.3 Å². The first-order chi connectivity index (χ1) is 9.63. The highest BCUT2D eigenvalue weighted by molar-refractivity contribution is 6.31. The molecule has 1 heterocycles. The fraction of sp³-hybridized carbons (Fsp3) is 0.533. The van der Waals surface area contributed by atoms with Crippen LogP contribution >= 0.6 is 11.6 Å². The van der Waals surface area contributed by atoms with Crippen LogP contribution in [0.25, 0.3) is 0 Å². The third-order valence-corrected chi connectivity index (χ3v) is 3.85. The van der Waals surface area contributed by atoms with Gasteiger partial charge in [0.15, 0.2) is 6.10 Å². The molecule has 1 aromatic carbocycles. The summed E-state index contributed by atoms with van der Waals surface area (Å²) in [7, 11) is 1.85. The van der Waals surface area contributed by atoms with Crippen LogP contribution in [0.2, 0.25) is 5.02 Å². The normalized spacial score (nSPS) is 16.2. The van der Waals surface area contributed by atoms with E-state index < -0.39 is 6.10 Å². The summed E-state index contributed by atoms with van der Waals surface area (Å²) in [5.74, 6) is 0.727. The summed E-state index contributed by atoms with van der Waals surface area (Å²) < 4.78 is 5.84. The lowest BCUT2D eigenvalue weighted by Gasteiger charge is -2.22. The van der Waals surface area contributed by atoms with E-state index in [0.29, 0.717) is 17.3 Å². The zero-order chi connectivity index (χ0) is 14.5. The van der Waals surface area contributed by atoms with E-state index in [4.69, 9.17) is 16.3 Å². The van der Waals surface area contributed by atoms with E-state index in [9.17, 15) is 4.79 Å². The Kier molecular flexibility index (Phi) is 5.26. The Balaban J connectivity index is 2.08. The average Bonchev–Trinajstić information content (AvgIpc) is 2.96. The lowest BCUT2D eigenvalue weighted by molar-refractivity contribution is -0.136. The highest BCUT2D eigenvalue weighted by atomic mass is 35.5. The topological polar surface area (TPSA) is 41.6 Å². The van der Waals surface area contributed by atoms with Gasteiger partial charge in [-0.3, -0.25) is 4.79 Å². The van der Waals surface area contributed by atoms with Crippen LogP contribution in [-0.4, -0.2) is 37.0 Å². The number of halogens is 1. The van der Waals surface area contributed by atoms with E-state index in [1.807, 2.05) is 30.1 Å². The van der Waals surface area contributed by atoms with Gasteiger partial charge in [-0.05, 0) is 38.9 Å². The largest absolute Gasteiger partial charge is 0.481 e. The SMILES string of the molecule is CNCc1c(Cl)cccc1OC(C)C(=O)N1CCCC1. The number of amides is 1. The van der Waals surface area contributed by atoms with Gasteiger partial charge in [0.25, 0.3) is 5.91 Å². The Labute approximate surface area is 125 Å². The van der Waals surface area contributed by atoms with Crippen LogP contribution in [0.1, 0.15) is 25.3 Å². The number of rotatable bonds is 5. The Hall–Kier alpha value is -1.26. The highest BCUT2D eigenvalue weighted by Crippen LogP contribution is 2.27. The lowest BCUT2D eigenvalue weighted by atomic mass is 10.2. The second-order valence-corrected chi connectivity index (χ2v) is 5.45. The van der Waals surface area contributed by atoms with Crippen molar-refractivity contribution in [3.8, 4) is 5.75 Å². The van der Waals surface area contributed by atoms with E-state index in [1.165, 1.54) is 0 Å². The van der Waals surface area contributed by atoms with Gasteiger partial charge in [0, 0.05) is 30.2 Å². The maximum atomic E-state index is 12.3. The van der Waals surface area contributed by atoms with Crippen LogP contribution in [0.3, 0.4) is 0 Å².